The molecule has 1 aromatic heterocycles. The summed E-state index contributed by atoms with van der Waals surface area (Å²) in [6.45, 7) is 1.71. The number of esters is 2. The average Bonchev–Trinajstić information content (AvgIpc) is 3.36. The molecular formula is C28H25N3O8. The second kappa shape index (κ2) is 11.5. The van der Waals surface area contributed by atoms with Gasteiger partial charge in [-0.3, -0.25) is 10.1 Å². The molecule has 0 atom stereocenters. The Labute approximate surface area is 223 Å². The topological polar surface area (TPSA) is 132 Å². The van der Waals surface area contributed by atoms with Gasteiger partial charge in [0.2, 0.25) is 0 Å². The van der Waals surface area contributed by atoms with Gasteiger partial charge in [-0.05, 0) is 48.9 Å². The Morgan fingerprint density at radius 3 is 2.28 bits per heavy atom. The molecule has 0 radical (unpaired) electrons. The van der Waals surface area contributed by atoms with E-state index in [9.17, 15) is 19.7 Å². The van der Waals surface area contributed by atoms with Crippen molar-refractivity contribution >= 4 is 17.6 Å². The molecule has 4 aromatic rings. The predicted molar refractivity (Wildman–Crippen MR) is 140 cm³/mol. The zero-order chi connectivity index (χ0) is 28.1. The number of rotatable bonds is 9. The maximum atomic E-state index is 12.9. The van der Waals surface area contributed by atoms with Gasteiger partial charge in [-0.15, -0.1) is 0 Å². The quantitative estimate of drug-likeness (QED) is 0.168. The maximum absolute atomic E-state index is 12.9. The molecule has 3 aromatic carbocycles. The van der Waals surface area contributed by atoms with Crippen LogP contribution in [-0.2, 0) is 16.1 Å². The third-order valence-electron chi connectivity index (χ3n) is 5.90. The summed E-state index contributed by atoms with van der Waals surface area (Å²) in [7, 11) is 3.89. The maximum Gasteiger partial charge on any atom is 0.357 e. The monoisotopic (exact) mass is 531 g/mol. The number of aryl methyl sites for hydroxylation is 1. The van der Waals surface area contributed by atoms with Gasteiger partial charge >= 0.3 is 17.6 Å². The van der Waals surface area contributed by atoms with Crippen molar-refractivity contribution in [2.45, 2.75) is 13.5 Å². The van der Waals surface area contributed by atoms with Gasteiger partial charge in [0.15, 0.2) is 11.4 Å². The highest BCUT2D eigenvalue weighted by Crippen LogP contribution is 2.34. The van der Waals surface area contributed by atoms with Crippen LogP contribution in [0, 0.1) is 17.0 Å². The number of ether oxygens (including phenoxy) is 4. The summed E-state index contributed by atoms with van der Waals surface area (Å²) in [5, 5.41) is 16.1. The van der Waals surface area contributed by atoms with Crippen molar-refractivity contribution in [3.8, 4) is 28.4 Å². The first-order chi connectivity index (χ1) is 18.8. The molecule has 11 nitrogen and oxygen atoms in total. The zero-order valence-electron chi connectivity index (χ0n) is 21.7. The second-order valence-electron chi connectivity index (χ2n) is 8.35. The summed E-state index contributed by atoms with van der Waals surface area (Å²) < 4.78 is 22.6. The first-order valence-electron chi connectivity index (χ1n) is 11.7. The standard InChI is InChI=1S/C28H25N3O8/c1-17-10-12-21(31(34)35)23(14-17)39-16-19-15-18(11-13-22(19)36-2)25-24(27(32)37-3)26(28(33)38-4)30(29-25)20-8-6-5-7-9-20/h5-15H,16H2,1-4H3. The highest BCUT2D eigenvalue weighted by Gasteiger charge is 2.31. The molecule has 200 valence electrons. The fourth-order valence-electron chi connectivity index (χ4n) is 4.04. The van der Waals surface area contributed by atoms with E-state index in [0.717, 1.165) is 5.56 Å². The Kier molecular flexibility index (Phi) is 7.90. The summed E-state index contributed by atoms with van der Waals surface area (Å²) >= 11 is 0. The van der Waals surface area contributed by atoms with E-state index >= 15 is 0 Å². The van der Waals surface area contributed by atoms with E-state index in [0.29, 0.717) is 22.6 Å². The van der Waals surface area contributed by atoms with Crippen LogP contribution < -0.4 is 9.47 Å². The van der Waals surface area contributed by atoms with Crippen molar-refractivity contribution in [3.63, 3.8) is 0 Å². The van der Waals surface area contributed by atoms with E-state index in [1.165, 1.54) is 32.1 Å². The van der Waals surface area contributed by atoms with E-state index in [1.54, 1.807) is 67.6 Å². The molecule has 11 heteroatoms. The molecule has 4 rings (SSSR count). The second-order valence-corrected chi connectivity index (χ2v) is 8.35. The molecule has 0 saturated heterocycles. The molecule has 0 fully saturated rings. The smallest absolute Gasteiger partial charge is 0.357 e. The lowest BCUT2D eigenvalue weighted by Gasteiger charge is -2.12. The summed E-state index contributed by atoms with van der Waals surface area (Å²) in [4.78, 5) is 36.8. The molecule has 0 unspecified atom stereocenters. The number of nitro benzene ring substituents is 1. The number of hydrogen-bond donors (Lipinski definition) is 0. The van der Waals surface area contributed by atoms with Crippen LogP contribution in [0.25, 0.3) is 16.9 Å². The van der Waals surface area contributed by atoms with E-state index in [4.69, 9.17) is 18.9 Å². The minimum atomic E-state index is -0.781. The van der Waals surface area contributed by atoms with E-state index < -0.39 is 16.9 Å². The van der Waals surface area contributed by atoms with Gasteiger partial charge in [0, 0.05) is 17.2 Å². The van der Waals surface area contributed by atoms with Crippen LogP contribution in [0.4, 0.5) is 5.69 Å². The largest absolute Gasteiger partial charge is 0.496 e. The van der Waals surface area contributed by atoms with Crippen LogP contribution in [0.5, 0.6) is 11.5 Å². The van der Waals surface area contributed by atoms with E-state index in [1.807, 2.05) is 0 Å². The number of carbonyl (C=O) groups excluding carboxylic acids is 2. The van der Waals surface area contributed by atoms with Gasteiger partial charge in [-0.1, -0.05) is 24.3 Å². The van der Waals surface area contributed by atoms with Crippen molar-refractivity contribution in [1.29, 1.82) is 0 Å². The lowest BCUT2D eigenvalue weighted by atomic mass is 10.0. The van der Waals surface area contributed by atoms with Crippen LogP contribution in [0.3, 0.4) is 0 Å². The van der Waals surface area contributed by atoms with Gasteiger partial charge in [-0.25, -0.2) is 14.3 Å². The first-order valence-corrected chi connectivity index (χ1v) is 11.7. The number of nitro groups is 1. The molecule has 39 heavy (non-hydrogen) atoms. The normalized spacial score (nSPS) is 10.6. The molecule has 0 aliphatic carbocycles. The van der Waals surface area contributed by atoms with Crippen molar-refractivity contribution in [3.05, 3.63) is 99.2 Å². The Bertz CT molecular complexity index is 1550. The number of para-hydroxylation sites is 1. The van der Waals surface area contributed by atoms with Crippen LogP contribution in [0.1, 0.15) is 32.0 Å². The molecule has 1 heterocycles. The van der Waals surface area contributed by atoms with Gasteiger partial charge in [0.25, 0.3) is 0 Å². The van der Waals surface area contributed by atoms with Gasteiger partial charge in [-0.2, -0.15) is 5.10 Å². The Balaban J connectivity index is 1.85. The van der Waals surface area contributed by atoms with Crippen molar-refractivity contribution < 1.29 is 33.5 Å². The molecule has 0 bridgehead atoms. The molecule has 0 N–H and O–H groups in total. The lowest BCUT2D eigenvalue weighted by molar-refractivity contribution is -0.386. The summed E-state index contributed by atoms with van der Waals surface area (Å²) in [5.41, 5.74) is 2.10. The van der Waals surface area contributed by atoms with Crippen molar-refractivity contribution in [2.75, 3.05) is 21.3 Å². The number of benzene rings is 3. The van der Waals surface area contributed by atoms with Crippen molar-refractivity contribution in [1.82, 2.24) is 9.78 Å². The molecule has 0 saturated carbocycles. The Morgan fingerprint density at radius 1 is 0.923 bits per heavy atom. The van der Waals surface area contributed by atoms with Crippen molar-refractivity contribution in [2.24, 2.45) is 0 Å². The lowest BCUT2D eigenvalue weighted by Crippen LogP contribution is -2.15. The summed E-state index contributed by atoms with van der Waals surface area (Å²) in [6.07, 6.45) is 0. The zero-order valence-corrected chi connectivity index (χ0v) is 21.7. The molecule has 0 aliphatic heterocycles. The molecule has 0 aliphatic rings. The van der Waals surface area contributed by atoms with Crippen LogP contribution >= 0.6 is 0 Å². The third kappa shape index (κ3) is 5.42. The first kappa shape index (κ1) is 26.9. The van der Waals surface area contributed by atoms with Gasteiger partial charge in [0.1, 0.15) is 23.6 Å². The van der Waals surface area contributed by atoms with Crippen LogP contribution in [0.15, 0.2) is 66.7 Å². The SMILES string of the molecule is COC(=O)c1c(-c2ccc(OC)c(COc3cc(C)ccc3[N+](=O)[O-])c2)nn(-c2ccccc2)c1C(=O)OC. The minimum absolute atomic E-state index is 0.0837. The van der Waals surface area contributed by atoms with E-state index in [2.05, 4.69) is 5.10 Å². The summed E-state index contributed by atoms with van der Waals surface area (Å²) in [5.74, 6) is -1.01. The fraction of sp³-hybridized carbons (Fsp3) is 0.179. The molecular weight excluding hydrogens is 506 g/mol. The third-order valence-corrected chi connectivity index (χ3v) is 5.90. The van der Waals surface area contributed by atoms with Crippen LogP contribution in [0.2, 0.25) is 0 Å². The summed E-state index contributed by atoms with van der Waals surface area (Å²) in [6, 6.07) is 18.4. The Morgan fingerprint density at radius 2 is 1.64 bits per heavy atom. The molecule has 0 amide bonds. The number of nitrogens with zero attached hydrogens (tertiary/aromatic N) is 3. The minimum Gasteiger partial charge on any atom is -0.496 e. The van der Waals surface area contributed by atoms with Gasteiger partial charge in [0.05, 0.1) is 31.9 Å². The fourth-order valence-corrected chi connectivity index (χ4v) is 4.04. The highest BCUT2D eigenvalue weighted by atomic mass is 16.6. The Hall–Kier alpha value is -5.19. The van der Waals surface area contributed by atoms with E-state index in [-0.39, 0.29) is 35.0 Å². The predicted octanol–water partition coefficient (Wildman–Crippen LogP) is 4.92. The number of hydrogen-bond acceptors (Lipinski definition) is 9. The highest BCUT2D eigenvalue weighted by molar-refractivity contribution is 6.06. The van der Waals surface area contributed by atoms with Gasteiger partial charge < -0.3 is 18.9 Å². The average molecular weight is 532 g/mol. The number of carbonyl (C=O) groups is 2. The number of methoxy groups -OCH3 is 3. The van der Waals surface area contributed by atoms with Crippen LogP contribution in [-0.4, -0.2) is 48.0 Å². The molecule has 0 spiro atoms. The number of aromatic nitrogens is 2.